The van der Waals surface area contributed by atoms with E-state index in [1.807, 2.05) is 54.9 Å². The van der Waals surface area contributed by atoms with Crippen LogP contribution >= 0.6 is 11.6 Å². The third-order valence-corrected chi connectivity index (χ3v) is 5.00. The third kappa shape index (κ3) is 5.56. The zero-order chi connectivity index (χ0) is 20.8. The fourth-order valence-electron chi connectivity index (χ4n) is 3.16. The Hall–Kier alpha value is -2.89. The molecule has 1 amide bonds. The number of rotatable bonds is 7. The molecule has 0 aliphatic carbocycles. The molecule has 1 aromatic heterocycles. The van der Waals surface area contributed by atoms with Gasteiger partial charge in [-0.15, -0.1) is 0 Å². The zero-order valence-corrected chi connectivity index (χ0v) is 17.3. The molecule has 6 heteroatoms. The fraction of sp³-hybridized carbons (Fsp3) is 0.217. The average Bonchev–Trinajstić information content (AvgIpc) is 2.97. The van der Waals surface area contributed by atoms with Crippen molar-refractivity contribution in [1.29, 1.82) is 0 Å². The number of hydrogen-bond acceptors (Lipinski definition) is 3. The molecule has 29 heavy (non-hydrogen) atoms. The summed E-state index contributed by atoms with van der Waals surface area (Å²) >= 11 is 5.86. The van der Waals surface area contributed by atoms with Crippen molar-refractivity contribution >= 4 is 29.3 Å². The molecule has 0 aliphatic heterocycles. The number of nitrogens with one attached hydrogen (secondary N) is 1. The van der Waals surface area contributed by atoms with Crippen LogP contribution in [0.3, 0.4) is 0 Å². The van der Waals surface area contributed by atoms with E-state index in [2.05, 4.69) is 10.4 Å². The lowest BCUT2D eigenvalue weighted by atomic mass is 10.1. The van der Waals surface area contributed by atoms with E-state index in [1.54, 1.807) is 18.2 Å². The second kappa shape index (κ2) is 9.54. The number of hydrogen-bond donors (Lipinski definition) is 2. The summed E-state index contributed by atoms with van der Waals surface area (Å²) in [6.45, 7) is 4.74. The molecule has 150 valence electrons. The van der Waals surface area contributed by atoms with Crippen LogP contribution in [0.2, 0.25) is 5.02 Å². The Morgan fingerprint density at radius 2 is 1.83 bits per heavy atom. The van der Waals surface area contributed by atoms with E-state index in [4.69, 9.17) is 11.6 Å². The summed E-state index contributed by atoms with van der Waals surface area (Å²) in [7, 11) is 0. The van der Waals surface area contributed by atoms with Gasteiger partial charge in [0.1, 0.15) is 0 Å². The highest BCUT2D eigenvalue weighted by Crippen LogP contribution is 2.17. The van der Waals surface area contributed by atoms with Crippen LogP contribution in [0.1, 0.15) is 28.1 Å². The molecule has 0 saturated carbocycles. The smallest absolute Gasteiger partial charge is 0.248 e. The maximum absolute atomic E-state index is 12.1. The van der Waals surface area contributed by atoms with Gasteiger partial charge >= 0.3 is 0 Å². The van der Waals surface area contributed by atoms with Crippen molar-refractivity contribution in [3.05, 3.63) is 87.7 Å². The fourth-order valence-corrected chi connectivity index (χ4v) is 3.28. The lowest BCUT2D eigenvalue weighted by Crippen LogP contribution is -2.08. The van der Waals surface area contributed by atoms with Crippen molar-refractivity contribution in [2.24, 2.45) is 0 Å². The van der Waals surface area contributed by atoms with Gasteiger partial charge < -0.3 is 10.4 Å². The first-order valence-corrected chi connectivity index (χ1v) is 9.81. The lowest BCUT2D eigenvalue weighted by molar-refractivity contribution is -0.111. The molecule has 0 spiro atoms. The largest absolute Gasteiger partial charge is 0.396 e. The topological polar surface area (TPSA) is 67.2 Å². The van der Waals surface area contributed by atoms with E-state index >= 15 is 0 Å². The average molecular weight is 410 g/mol. The molecule has 0 fully saturated rings. The molecular weight excluding hydrogens is 386 g/mol. The SMILES string of the molecule is Cc1nn(Cc2ccc(NC(=O)C=Cc3ccc(Cl)cc3)cc2)c(C)c1CCO. The van der Waals surface area contributed by atoms with Gasteiger partial charge in [-0.3, -0.25) is 9.48 Å². The van der Waals surface area contributed by atoms with Crippen molar-refractivity contribution in [2.45, 2.75) is 26.8 Å². The van der Waals surface area contributed by atoms with Crippen molar-refractivity contribution in [2.75, 3.05) is 11.9 Å². The predicted molar refractivity (Wildman–Crippen MR) is 117 cm³/mol. The Bertz CT molecular complexity index is 1010. The first kappa shape index (κ1) is 20.8. The zero-order valence-electron chi connectivity index (χ0n) is 16.5. The minimum atomic E-state index is -0.195. The Labute approximate surface area is 175 Å². The normalized spacial score (nSPS) is 11.2. The van der Waals surface area contributed by atoms with Crippen LogP contribution in [-0.4, -0.2) is 27.4 Å². The maximum Gasteiger partial charge on any atom is 0.248 e. The van der Waals surface area contributed by atoms with Crippen LogP contribution in [0.15, 0.2) is 54.6 Å². The van der Waals surface area contributed by atoms with Gasteiger partial charge in [0.2, 0.25) is 5.91 Å². The number of amides is 1. The molecule has 0 atom stereocenters. The molecule has 0 aliphatic rings. The first-order valence-electron chi connectivity index (χ1n) is 9.43. The number of aliphatic hydroxyl groups is 1. The number of anilines is 1. The van der Waals surface area contributed by atoms with E-state index < -0.39 is 0 Å². The second-order valence-corrected chi connectivity index (χ2v) is 7.29. The molecule has 3 aromatic rings. The molecule has 0 unspecified atom stereocenters. The number of halogens is 1. The van der Waals surface area contributed by atoms with Crippen LogP contribution in [0.5, 0.6) is 0 Å². The summed E-state index contributed by atoms with van der Waals surface area (Å²) in [5.74, 6) is -0.195. The summed E-state index contributed by atoms with van der Waals surface area (Å²) in [5, 5.41) is 17.3. The van der Waals surface area contributed by atoms with E-state index in [9.17, 15) is 9.90 Å². The predicted octanol–water partition coefficient (Wildman–Crippen LogP) is 4.39. The Morgan fingerprint density at radius 3 is 2.48 bits per heavy atom. The van der Waals surface area contributed by atoms with Gasteiger partial charge in [0.05, 0.1) is 12.2 Å². The molecule has 0 saturated heterocycles. The van der Waals surface area contributed by atoms with E-state index in [0.29, 0.717) is 18.0 Å². The number of aliphatic hydroxyl groups excluding tert-OH is 1. The molecule has 0 radical (unpaired) electrons. The van der Waals surface area contributed by atoms with Gasteiger partial charge in [0.25, 0.3) is 0 Å². The van der Waals surface area contributed by atoms with Gasteiger partial charge in [0, 0.05) is 29.1 Å². The van der Waals surface area contributed by atoms with E-state index in [0.717, 1.165) is 33.8 Å². The van der Waals surface area contributed by atoms with Gasteiger partial charge in [-0.2, -0.15) is 5.10 Å². The first-order chi connectivity index (χ1) is 14.0. The highest BCUT2D eigenvalue weighted by molar-refractivity contribution is 6.30. The van der Waals surface area contributed by atoms with Crippen molar-refractivity contribution in [1.82, 2.24) is 9.78 Å². The number of nitrogens with zero attached hydrogens (tertiary/aromatic N) is 2. The third-order valence-electron chi connectivity index (χ3n) is 4.74. The Kier molecular flexibility index (Phi) is 6.86. The van der Waals surface area contributed by atoms with E-state index in [1.165, 1.54) is 6.08 Å². The molecule has 0 bridgehead atoms. The van der Waals surface area contributed by atoms with Crippen LogP contribution in [0, 0.1) is 13.8 Å². The lowest BCUT2D eigenvalue weighted by Gasteiger charge is -2.07. The number of aryl methyl sites for hydroxylation is 1. The quantitative estimate of drug-likeness (QED) is 0.569. The van der Waals surface area contributed by atoms with Gasteiger partial charge in [-0.1, -0.05) is 35.9 Å². The summed E-state index contributed by atoms with van der Waals surface area (Å²) in [4.78, 5) is 12.1. The summed E-state index contributed by atoms with van der Waals surface area (Å²) in [5.41, 5.74) is 5.85. The number of carbonyl (C=O) groups excluding carboxylic acids is 1. The van der Waals surface area contributed by atoms with Crippen LogP contribution in [0.4, 0.5) is 5.69 Å². The molecule has 5 nitrogen and oxygen atoms in total. The Balaban J connectivity index is 1.61. The maximum atomic E-state index is 12.1. The standard InChI is InChI=1S/C23H24ClN3O2/c1-16-22(13-14-28)17(2)27(26-16)15-19-5-10-21(11-6-19)25-23(29)12-7-18-3-8-20(24)9-4-18/h3-12,28H,13-15H2,1-2H3,(H,25,29). The van der Waals surface area contributed by atoms with Crippen LogP contribution in [0.25, 0.3) is 6.08 Å². The van der Waals surface area contributed by atoms with Gasteiger partial charge in [0.15, 0.2) is 0 Å². The van der Waals surface area contributed by atoms with Crippen LogP contribution in [-0.2, 0) is 17.8 Å². The minimum absolute atomic E-state index is 0.119. The van der Waals surface area contributed by atoms with Crippen molar-refractivity contribution < 1.29 is 9.90 Å². The van der Waals surface area contributed by atoms with E-state index in [-0.39, 0.29) is 12.5 Å². The van der Waals surface area contributed by atoms with Crippen molar-refractivity contribution in [3.8, 4) is 0 Å². The summed E-state index contributed by atoms with van der Waals surface area (Å²) in [6, 6.07) is 15.0. The number of carbonyl (C=O) groups is 1. The molecule has 3 rings (SSSR count). The highest BCUT2D eigenvalue weighted by Gasteiger charge is 2.11. The van der Waals surface area contributed by atoms with Gasteiger partial charge in [-0.05, 0) is 67.3 Å². The summed E-state index contributed by atoms with van der Waals surface area (Å²) < 4.78 is 1.95. The molecule has 2 N–H and O–H groups in total. The molecular formula is C23H24ClN3O2. The Morgan fingerprint density at radius 1 is 1.14 bits per heavy atom. The van der Waals surface area contributed by atoms with Crippen molar-refractivity contribution in [3.63, 3.8) is 0 Å². The number of aromatic nitrogens is 2. The highest BCUT2D eigenvalue weighted by atomic mass is 35.5. The molecule has 2 aromatic carbocycles. The molecule has 1 heterocycles. The van der Waals surface area contributed by atoms with Gasteiger partial charge in [-0.25, -0.2) is 0 Å². The van der Waals surface area contributed by atoms with Crippen LogP contribution < -0.4 is 5.32 Å². The monoisotopic (exact) mass is 409 g/mol. The summed E-state index contributed by atoms with van der Waals surface area (Å²) in [6.07, 6.45) is 3.86. The second-order valence-electron chi connectivity index (χ2n) is 6.85. The minimum Gasteiger partial charge on any atom is -0.396 e. The number of benzene rings is 2.